The van der Waals surface area contributed by atoms with Gasteiger partial charge in [-0.25, -0.2) is 9.59 Å². The normalized spacial score (nSPS) is 28.1. The van der Waals surface area contributed by atoms with Gasteiger partial charge in [-0.05, 0) is 51.4 Å². The molecule has 1 unspecified atom stereocenters. The van der Waals surface area contributed by atoms with Crippen LogP contribution in [0.3, 0.4) is 0 Å². The molecule has 3 heterocycles. The number of aromatic nitrogens is 3. The van der Waals surface area contributed by atoms with Gasteiger partial charge < -0.3 is 30.5 Å². The highest BCUT2D eigenvalue weighted by Crippen LogP contribution is 2.48. The molecule has 3 aromatic rings. The molecule has 3 amide bonds. The number of aliphatic hydroxyl groups is 1. The maximum absolute atomic E-state index is 14.6. The van der Waals surface area contributed by atoms with Crippen molar-refractivity contribution in [2.75, 3.05) is 6.54 Å². The second-order valence-corrected chi connectivity index (χ2v) is 14.5. The summed E-state index contributed by atoms with van der Waals surface area (Å²) in [4.78, 5) is 57.1. The topological polar surface area (TPSA) is 176 Å². The number of amides is 3. The van der Waals surface area contributed by atoms with E-state index in [0.29, 0.717) is 24.2 Å². The van der Waals surface area contributed by atoms with E-state index in [9.17, 15) is 29.4 Å². The Morgan fingerprint density at radius 3 is 2.17 bits per heavy atom. The smallest absolute Gasteiger partial charge is 0.408 e. The van der Waals surface area contributed by atoms with Gasteiger partial charge in [0.25, 0.3) is 0 Å². The largest absolute Gasteiger partial charge is 0.479 e. The predicted octanol–water partition coefficient (Wildman–Crippen LogP) is 4.63. The van der Waals surface area contributed by atoms with E-state index in [1.54, 1.807) is 4.80 Å². The second kappa shape index (κ2) is 15.3. The zero-order valence-corrected chi connectivity index (χ0v) is 29.1. The minimum Gasteiger partial charge on any atom is -0.479 e. The summed E-state index contributed by atoms with van der Waals surface area (Å²) in [5.41, 5.74) is 1.61. The number of fused-ring (bicyclic) bond motifs is 2. The zero-order valence-electron chi connectivity index (χ0n) is 29.1. The lowest BCUT2D eigenvalue weighted by atomic mass is 10.0. The van der Waals surface area contributed by atoms with Crippen molar-refractivity contribution in [1.29, 1.82) is 0 Å². The standard InChI is InChI=1S/C39H46N6O7/c46-34(37(49)50)39-23-27(39)18-10-2-1-3-11-21-30(40-38(51)52-29-19-12-13-20-29)36(48)44-24-28(22-31(44)35(47)41-39)45-42-32(25-14-6-4-7-15-25)33(43-45)26-16-8-5-9-17-26/h4-10,14-18,27-31,34,46H,1-3,11-13,19-24H2,(H,40,51)(H,41,47)(H,49,50)/b18-10-/t27-,28+,30-,31-,34?,39+/m0/s1. The van der Waals surface area contributed by atoms with E-state index >= 15 is 0 Å². The van der Waals surface area contributed by atoms with E-state index in [0.717, 1.165) is 56.1 Å². The van der Waals surface area contributed by atoms with Crippen LogP contribution >= 0.6 is 0 Å². The molecular weight excluding hydrogens is 664 g/mol. The first-order valence-electron chi connectivity index (χ1n) is 18.5. The molecule has 1 saturated heterocycles. The lowest BCUT2D eigenvalue weighted by molar-refractivity contribution is -0.150. The Morgan fingerprint density at radius 2 is 1.54 bits per heavy atom. The number of benzene rings is 2. The highest BCUT2D eigenvalue weighted by Gasteiger charge is 2.62. The lowest BCUT2D eigenvalue weighted by Crippen LogP contribution is -2.58. The van der Waals surface area contributed by atoms with E-state index in [-0.39, 0.29) is 31.4 Å². The lowest BCUT2D eigenvalue weighted by Gasteiger charge is -2.30. The van der Waals surface area contributed by atoms with Gasteiger partial charge in [0.05, 0.1) is 11.6 Å². The Balaban J connectivity index is 1.23. The maximum Gasteiger partial charge on any atom is 0.408 e. The van der Waals surface area contributed by atoms with Crippen molar-refractivity contribution in [2.24, 2.45) is 5.92 Å². The second-order valence-electron chi connectivity index (χ2n) is 14.5. The summed E-state index contributed by atoms with van der Waals surface area (Å²) in [5.74, 6) is -2.81. The first kappa shape index (κ1) is 35.4. The monoisotopic (exact) mass is 710 g/mol. The molecule has 274 valence electrons. The van der Waals surface area contributed by atoms with Crippen molar-refractivity contribution in [1.82, 2.24) is 30.5 Å². The zero-order chi connectivity index (χ0) is 36.2. The summed E-state index contributed by atoms with van der Waals surface area (Å²) in [5, 5.41) is 36.2. The molecule has 0 spiro atoms. The number of nitrogens with one attached hydrogen (secondary N) is 2. The fourth-order valence-corrected chi connectivity index (χ4v) is 7.98. The molecule has 2 saturated carbocycles. The molecule has 13 nitrogen and oxygen atoms in total. The average Bonchev–Trinajstić information content (AvgIpc) is 3.60. The van der Waals surface area contributed by atoms with Crippen LogP contribution in [-0.2, 0) is 19.1 Å². The van der Waals surface area contributed by atoms with Gasteiger partial charge in [0.1, 0.15) is 29.6 Å². The summed E-state index contributed by atoms with van der Waals surface area (Å²) >= 11 is 0. The number of carboxylic acids is 1. The number of ether oxygens (including phenoxy) is 1. The Morgan fingerprint density at radius 1 is 0.904 bits per heavy atom. The number of rotatable bonds is 7. The molecule has 0 radical (unpaired) electrons. The molecule has 4 N–H and O–H groups in total. The summed E-state index contributed by atoms with van der Waals surface area (Å²) in [6, 6.07) is 16.8. The van der Waals surface area contributed by atoms with Crippen LogP contribution in [0.2, 0.25) is 0 Å². The van der Waals surface area contributed by atoms with E-state index in [2.05, 4.69) is 10.6 Å². The van der Waals surface area contributed by atoms with E-state index in [4.69, 9.17) is 14.9 Å². The van der Waals surface area contributed by atoms with Gasteiger partial charge in [-0.3, -0.25) is 9.59 Å². The molecule has 4 aliphatic rings. The quantitative estimate of drug-likeness (QED) is 0.255. The Labute approximate surface area is 302 Å². The van der Waals surface area contributed by atoms with Crippen LogP contribution in [0.15, 0.2) is 72.8 Å². The Bertz CT molecular complexity index is 1740. The van der Waals surface area contributed by atoms with Gasteiger partial charge in [0, 0.05) is 30.0 Å². The minimum absolute atomic E-state index is 0.0712. The Kier molecular flexibility index (Phi) is 10.4. The van der Waals surface area contributed by atoms with Gasteiger partial charge >= 0.3 is 12.1 Å². The van der Waals surface area contributed by atoms with Crippen LogP contribution in [0.4, 0.5) is 4.79 Å². The molecule has 2 aromatic carbocycles. The third-order valence-electron chi connectivity index (χ3n) is 11.0. The number of alkyl carbamates (subject to hydrolysis) is 1. The van der Waals surface area contributed by atoms with Crippen LogP contribution in [0.1, 0.15) is 76.7 Å². The number of aliphatic hydroxyl groups excluding tert-OH is 1. The summed E-state index contributed by atoms with van der Waals surface area (Å²) in [6.07, 6.45) is 8.45. The van der Waals surface area contributed by atoms with E-state index in [1.165, 1.54) is 4.90 Å². The molecule has 0 bridgehead atoms. The predicted molar refractivity (Wildman–Crippen MR) is 191 cm³/mol. The molecule has 13 heteroatoms. The molecule has 2 aliphatic heterocycles. The van der Waals surface area contributed by atoms with Crippen molar-refractivity contribution in [3.63, 3.8) is 0 Å². The van der Waals surface area contributed by atoms with Gasteiger partial charge in [-0.1, -0.05) is 85.7 Å². The number of carbonyl (C=O) groups is 4. The van der Waals surface area contributed by atoms with Crippen molar-refractivity contribution >= 4 is 23.9 Å². The van der Waals surface area contributed by atoms with Crippen LogP contribution in [-0.4, -0.2) is 90.4 Å². The fraction of sp³-hybridized carbons (Fsp3) is 0.487. The molecule has 52 heavy (non-hydrogen) atoms. The van der Waals surface area contributed by atoms with Gasteiger partial charge in [-0.2, -0.15) is 15.0 Å². The fourth-order valence-electron chi connectivity index (χ4n) is 7.98. The highest BCUT2D eigenvalue weighted by molar-refractivity contribution is 5.93. The summed E-state index contributed by atoms with van der Waals surface area (Å²) in [6.45, 7) is 0.0712. The first-order valence-corrected chi connectivity index (χ1v) is 18.5. The van der Waals surface area contributed by atoms with Crippen LogP contribution < -0.4 is 10.6 Å². The summed E-state index contributed by atoms with van der Waals surface area (Å²) < 4.78 is 5.68. The van der Waals surface area contributed by atoms with Crippen molar-refractivity contribution < 1.29 is 34.1 Å². The SMILES string of the molecule is O=C(N[C@H]1CCCCC/C=C\[C@H]2C[C@@]2(C(O)C(=O)O)NC(=O)[C@@H]2C[C@@H](n3nc(-c4ccccc4)c(-c4ccccc4)n3)CN2C1=O)OC1CCCC1. The number of carbonyl (C=O) groups excluding carboxylic acids is 3. The number of hydrogen-bond donors (Lipinski definition) is 4. The molecule has 2 aliphatic carbocycles. The van der Waals surface area contributed by atoms with E-state index < -0.39 is 53.6 Å². The summed E-state index contributed by atoms with van der Waals surface area (Å²) in [7, 11) is 0. The Hall–Kier alpha value is -5.04. The third-order valence-corrected chi connectivity index (χ3v) is 11.0. The number of allylic oxidation sites excluding steroid dienone is 1. The van der Waals surface area contributed by atoms with Crippen molar-refractivity contribution in [3.8, 4) is 22.5 Å². The van der Waals surface area contributed by atoms with Crippen molar-refractivity contribution in [2.45, 2.75) is 107 Å². The number of hydrogen-bond acceptors (Lipinski definition) is 8. The van der Waals surface area contributed by atoms with Gasteiger partial charge in [0.15, 0.2) is 6.10 Å². The first-order chi connectivity index (χ1) is 25.2. The number of carboxylic acid groups (broad SMARTS) is 1. The number of aliphatic carboxylic acids is 1. The maximum atomic E-state index is 14.6. The number of nitrogens with zero attached hydrogens (tertiary/aromatic N) is 4. The molecule has 3 fully saturated rings. The minimum atomic E-state index is -1.84. The van der Waals surface area contributed by atoms with Crippen LogP contribution in [0.25, 0.3) is 22.5 Å². The van der Waals surface area contributed by atoms with Gasteiger partial charge in [0.2, 0.25) is 11.8 Å². The highest BCUT2D eigenvalue weighted by atomic mass is 16.6. The average molecular weight is 711 g/mol. The molecule has 1 aromatic heterocycles. The van der Waals surface area contributed by atoms with E-state index in [1.807, 2.05) is 72.8 Å². The molecular formula is C39H46N6O7. The third kappa shape index (κ3) is 7.45. The van der Waals surface area contributed by atoms with Crippen molar-refractivity contribution in [3.05, 3.63) is 72.8 Å². The molecule has 6 atom stereocenters. The van der Waals surface area contributed by atoms with Crippen LogP contribution in [0, 0.1) is 5.92 Å². The van der Waals surface area contributed by atoms with Gasteiger partial charge in [-0.15, -0.1) is 0 Å². The van der Waals surface area contributed by atoms with Crippen LogP contribution in [0.5, 0.6) is 0 Å². The molecule has 7 rings (SSSR count).